The van der Waals surface area contributed by atoms with Crippen LogP contribution in [0.5, 0.6) is 0 Å². The van der Waals surface area contributed by atoms with Gasteiger partial charge in [0.25, 0.3) is 0 Å². The molecule has 1 aliphatic rings. The second-order valence-electron chi connectivity index (χ2n) is 4.85. The van der Waals surface area contributed by atoms with Crippen molar-refractivity contribution in [3.63, 3.8) is 0 Å². The van der Waals surface area contributed by atoms with Crippen LogP contribution in [0.15, 0.2) is 18.3 Å². The summed E-state index contributed by atoms with van der Waals surface area (Å²) in [5.41, 5.74) is 0.755. The van der Waals surface area contributed by atoms with Crippen LogP contribution in [-0.4, -0.2) is 43.0 Å². The van der Waals surface area contributed by atoms with Crippen LogP contribution in [0.2, 0.25) is 0 Å². The van der Waals surface area contributed by atoms with E-state index in [0.29, 0.717) is 12.3 Å². The van der Waals surface area contributed by atoms with Crippen LogP contribution in [0.4, 0.5) is 11.5 Å². The van der Waals surface area contributed by atoms with Crippen molar-refractivity contribution < 1.29 is 4.79 Å². The minimum Gasteiger partial charge on any atom is -0.373 e. The van der Waals surface area contributed by atoms with Crippen LogP contribution in [-0.2, 0) is 4.79 Å². The summed E-state index contributed by atoms with van der Waals surface area (Å²) in [5.74, 6) is 1.36. The Hall–Kier alpha value is -1.62. The predicted octanol–water partition coefficient (Wildman–Crippen LogP) is 1.40. The highest BCUT2D eigenvalue weighted by atomic mass is 16.1. The Morgan fingerprint density at radius 3 is 2.94 bits per heavy atom. The summed E-state index contributed by atoms with van der Waals surface area (Å²) in [5, 5.41) is 5.83. The van der Waals surface area contributed by atoms with Gasteiger partial charge in [-0.2, -0.15) is 0 Å². The number of hydrogen-bond acceptors (Lipinski definition) is 4. The van der Waals surface area contributed by atoms with Gasteiger partial charge in [0.2, 0.25) is 5.91 Å². The number of hydrogen-bond donors (Lipinski definition) is 2. The lowest BCUT2D eigenvalue weighted by atomic mass is 10.0. The van der Waals surface area contributed by atoms with Crippen molar-refractivity contribution in [3.8, 4) is 0 Å². The zero-order chi connectivity index (χ0) is 13.0. The average molecular weight is 248 g/mol. The third-order valence-electron chi connectivity index (χ3n) is 3.27. The first-order valence-corrected chi connectivity index (χ1v) is 6.29. The Morgan fingerprint density at radius 1 is 1.56 bits per heavy atom. The maximum Gasteiger partial charge on any atom is 0.224 e. The summed E-state index contributed by atoms with van der Waals surface area (Å²) < 4.78 is 0. The smallest absolute Gasteiger partial charge is 0.224 e. The van der Waals surface area contributed by atoms with E-state index >= 15 is 0 Å². The fraction of sp³-hybridized carbons (Fsp3) is 0.538. The molecule has 1 fully saturated rings. The number of nitrogens with zero attached hydrogens (tertiary/aromatic N) is 2. The van der Waals surface area contributed by atoms with E-state index in [2.05, 4.69) is 27.6 Å². The maximum atomic E-state index is 11.9. The molecule has 2 heterocycles. The Labute approximate surface area is 108 Å². The summed E-state index contributed by atoms with van der Waals surface area (Å²) in [4.78, 5) is 18.3. The number of anilines is 2. The first-order valence-electron chi connectivity index (χ1n) is 6.29. The number of amides is 1. The number of carbonyl (C=O) groups excluding carboxylic acids is 1. The molecule has 0 bridgehead atoms. The van der Waals surface area contributed by atoms with Crippen molar-refractivity contribution in [1.82, 2.24) is 9.88 Å². The van der Waals surface area contributed by atoms with Gasteiger partial charge in [-0.1, -0.05) is 0 Å². The molecule has 1 amide bonds. The van der Waals surface area contributed by atoms with Gasteiger partial charge >= 0.3 is 0 Å². The molecule has 5 nitrogen and oxygen atoms in total. The van der Waals surface area contributed by atoms with E-state index in [1.807, 2.05) is 19.2 Å². The second kappa shape index (κ2) is 5.82. The van der Waals surface area contributed by atoms with Crippen LogP contribution in [0.25, 0.3) is 0 Å². The molecule has 1 aliphatic heterocycles. The molecular formula is C13H20N4O. The van der Waals surface area contributed by atoms with E-state index in [1.165, 1.54) is 0 Å². The third-order valence-corrected chi connectivity index (χ3v) is 3.27. The molecule has 2 N–H and O–H groups in total. The number of pyridine rings is 1. The van der Waals surface area contributed by atoms with Gasteiger partial charge in [0.1, 0.15) is 5.82 Å². The molecule has 0 saturated carbocycles. The molecule has 5 heteroatoms. The Kier molecular flexibility index (Phi) is 4.15. The lowest BCUT2D eigenvalue weighted by molar-refractivity contribution is -0.117. The lowest BCUT2D eigenvalue weighted by Crippen LogP contribution is -2.19. The van der Waals surface area contributed by atoms with E-state index < -0.39 is 0 Å². The van der Waals surface area contributed by atoms with Gasteiger partial charge < -0.3 is 15.5 Å². The normalized spacial score (nSPS) is 19.8. The van der Waals surface area contributed by atoms with Gasteiger partial charge in [0, 0.05) is 20.0 Å². The minimum absolute atomic E-state index is 0.0781. The molecule has 0 aromatic carbocycles. The van der Waals surface area contributed by atoms with E-state index in [-0.39, 0.29) is 5.91 Å². The molecule has 1 atom stereocenters. The van der Waals surface area contributed by atoms with Gasteiger partial charge in [-0.3, -0.25) is 4.79 Å². The summed E-state index contributed by atoms with van der Waals surface area (Å²) in [6.07, 6.45) is 3.38. The molecule has 1 unspecified atom stereocenters. The number of carbonyl (C=O) groups is 1. The molecule has 0 spiro atoms. The molecule has 1 saturated heterocycles. The highest BCUT2D eigenvalue weighted by Gasteiger charge is 2.21. The van der Waals surface area contributed by atoms with E-state index in [4.69, 9.17) is 0 Å². The zero-order valence-electron chi connectivity index (χ0n) is 10.9. The minimum atomic E-state index is 0.0781. The van der Waals surface area contributed by atoms with Gasteiger partial charge in [-0.15, -0.1) is 0 Å². The van der Waals surface area contributed by atoms with Crippen molar-refractivity contribution >= 4 is 17.4 Å². The second-order valence-corrected chi connectivity index (χ2v) is 4.85. The molecule has 98 valence electrons. The number of likely N-dealkylation sites (tertiary alicyclic amines) is 1. The van der Waals surface area contributed by atoms with E-state index in [9.17, 15) is 4.79 Å². The van der Waals surface area contributed by atoms with Gasteiger partial charge in [-0.05, 0) is 38.1 Å². The molecule has 1 aromatic heterocycles. The Morgan fingerprint density at radius 2 is 2.39 bits per heavy atom. The van der Waals surface area contributed by atoms with Crippen molar-refractivity contribution in [3.05, 3.63) is 18.3 Å². The lowest BCUT2D eigenvalue weighted by Gasteiger charge is -2.10. The van der Waals surface area contributed by atoms with E-state index in [1.54, 1.807) is 6.20 Å². The molecule has 1 aromatic rings. The van der Waals surface area contributed by atoms with Crippen molar-refractivity contribution in [2.45, 2.75) is 12.8 Å². The SMILES string of the molecule is CNc1ccc(NC(=O)CC2CCN(C)C2)cn1. The Balaban J connectivity index is 1.83. The van der Waals surface area contributed by atoms with E-state index in [0.717, 1.165) is 31.0 Å². The van der Waals surface area contributed by atoms with Gasteiger partial charge in [0.05, 0.1) is 11.9 Å². The van der Waals surface area contributed by atoms with Crippen molar-refractivity contribution in [2.24, 2.45) is 5.92 Å². The zero-order valence-corrected chi connectivity index (χ0v) is 10.9. The van der Waals surface area contributed by atoms with Crippen LogP contribution in [0, 0.1) is 5.92 Å². The topological polar surface area (TPSA) is 57.3 Å². The standard InChI is InChI=1S/C13H20N4O/c1-14-12-4-3-11(8-15-12)16-13(18)7-10-5-6-17(2)9-10/h3-4,8,10H,5-7,9H2,1-2H3,(H,14,15)(H,16,18). The summed E-state index contributed by atoms with van der Waals surface area (Å²) in [6, 6.07) is 3.70. The average Bonchev–Trinajstić information content (AvgIpc) is 2.75. The largest absolute Gasteiger partial charge is 0.373 e. The first-order chi connectivity index (χ1) is 8.67. The fourth-order valence-electron chi connectivity index (χ4n) is 2.28. The first kappa shape index (κ1) is 12.8. The Bertz CT molecular complexity index is 404. The molecule has 2 rings (SSSR count). The summed E-state index contributed by atoms with van der Waals surface area (Å²) in [6.45, 7) is 2.11. The maximum absolute atomic E-state index is 11.9. The van der Waals surface area contributed by atoms with Crippen LogP contribution in [0.1, 0.15) is 12.8 Å². The van der Waals surface area contributed by atoms with Crippen molar-refractivity contribution in [2.75, 3.05) is 37.8 Å². The van der Waals surface area contributed by atoms with Crippen LogP contribution in [0.3, 0.4) is 0 Å². The van der Waals surface area contributed by atoms with Crippen molar-refractivity contribution in [1.29, 1.82) is 0 Å². The fourth-order valence-corrected chi connectivity index (χ4v) is 2.28. The quantitative estimate of drug-likeness (QED) is 0.845. The molecule has 18 heavy (non-hydrogen) atoms. The molecule has 0 radical (unpaired) electrons. The predicted molar refractivity (Wildman–Crippen MR) is 72.6 cm³/mol. The van der Waals surface area contributed by atoms with Crippen LogP contribution < -0.4 is 10.6 Å². The van der Waals surface area contributed by atoms with Gasteiger partial charge in [0.15, 0.2) is 0 Å². The number of nitrogens with one attached hydrogen (secondary N) is 2. The number of rotatable bonds is 4. The summed E-state index contributed by atoms with van der Waals surface area (Å²) >= 11 is 0. The molecule has 0 aliphatic carbocycles. The summed E-state index contributed by atoms with van der Waals surface area (Å²) in [7, 11) is 3.91. The highest BCUT2D eigenvalue weighted by Crippen LogP contribution is 2.19. The van der Waals surface area contributed by atoms with Crippen LogP contribution >= 0.6 is 0 Å². The highest BCUT2D eigenvalue weighted by molar-refractivity contribution is 5.90. The van der Waals surface area contributed by atoms with Gasteiger partial charge in [-0.25, -0.2) is 4.98 Å². The third kappa shape index (κ3) is 3.43. The monoisotopic (exact) mass is 248 g/mol. The molecular weight excluding hydrogens is 228 g/mol. The number of aromatic nitrogens is 1.